The molecule has 0 radical (unpaired) electrons. The number of hydrogen-bond donors (Lipinski definition) is 2. The molecule has 1 fully saturated rings. The van der Waals surface area contributed by atoms with Gasteiger partial charge in [-0.25, -0.2) is 9.97 Å². The maximum absolute atomic E-state index is 4.46. The second-order valence-corrected chi connectivity index (χ2v) is 7.92. The topological polar surface area (TPSA) is 56.3 Å². The van der Waals surface area contributed by atoms with Gasteiger partial charge in [-0.05, 0) is 30.3 Å². The zero-order valence-corrected chi connectivity index (χ0v) is 18.1. The zero-order chi connectivity index (χ0) is 21.5. The summed E-state index contributed by atoms with van der Waals surface area (Å²) in [7, 11) is 2.18. The number of hydrogen-bond acceptors (Lipinski definition) is 6. The van der Waals surface area contributed by atoms with Crippen molar-refractivity contribution in [2.75, 3.05) is 51.6 Å². The van der Waals surface area contributed by atoms with E-state index in [4.69, 9.17) is 0 Å². The third-order valence-corrected chi connectivity index (χ3v) is 5.59. The van der Waals surface area contributed by atoms with E-state index < -0.39 is 0 Å². The molecule has 2 N–H and O–H groups in total. The standard InChI is InChI=1S/C25H30N6/c1-20(26-11-12-31-15-13-30(2)14-16-31)22-9-6-10-24(17-22)29-25-27-18-23(19-28-25)21-7-4-3-5-8-21/h3-10,17-19,26H,1,11-16H2,2H3,(H,27,28,29). The molecule has 160 valence electrons. The molecule has 6 heteroatoms. The Bertz CT molecular complexity index is 978. The number of piperazine rings is 1. The Morgan fingerprint density at radius 3 is 2.42 bits per heavy atom. The van der Waals surface area contributed by atoms with Gasteiger partial charge in [0.25, 0.3) is 0 Å². The predicted molar refractivity (Wildman–Crippen MR) is 128 cm³/mol. The third-order valence-electron chi connectivity index (χ3n) is 5.59. The highest BCUT2D eigenvalue weighted by molar-refractivity contribution is 5.68. The highest BCUT2D eigenvalue weighted by atomic mass is 15.2. The van der Waals surface area contributed by atoms with Crippen molar-refractivity contribution in [1.82, 2.24) is 25.1 Å². The number of anilines is 2. The Labute approximate surface area is 184 Å². The van der Waals surface area contributed by atoms with Crippen molar-refractivity contribution < 1.29 is 0 Å². The minimum Gasteiger partial charge on any atom is -0.384 e. The Balaban J connectivity index is 1.31. The van der Waals surface area contributed by atoms with Gasteiger partial charge in [-0.15, -0.1) is 0 Å². The lowest BCUT2D eigenvalue weighted by atomic mass is 10.1. The Morgan fingerprint density at radius 2 is 1.68 bits per heavy atom. The van der Waals surface area contributed by atoms with Gasteiger partial charge in [0.2, 0.25) is 5.95 Å². The fraction of sp³-hybridized carbons (Fsp3) is 0.280. The van der Waals surface area contributed by atoms with E-state index >= 15 is 0 Å². The monoisotopic (exact) mass is 414 g/mol. The zero-order valence-electron chi connectivity index (χ0n) is 18.1. The number of benzene rings is 2. The van der Waals surface area contributed by atoms with Crippen LogP contribution in [0.25, 0.3) is 16.8 Å². The molecule has 2 aromatic carbocycles. The van der Waals surface area contributed by atoms with Crippen LogP contribution in [0, 0.1) is 0 Å². The molecule has 3 aromatic rings. The molecule has 1 aromatic heterocycles. The first-order valence-electron chi connectivity index (χ1n) is 10.8. The highest BCUT2D eigenvalue weighted by Crippen LogP contribution is 2.21. The lowest BCUT2D eigenvalue weighted by Gasteiger charge is -2.32. The number of nitrogens with zero attached hydrogens (tertiary/aromatic N) is 4. The van der Waals surface area contributed by atoms with Gasteiger partial charge in [0.1, 0.15) is 0 Å². The minimum absolute atomic E-state index is 0.575. The van der Waals surface area contributed by atoms with Crippen LogP contribution in [0.15, 0.2) is 73.6 Å². The van der Waals surface area contributed by atoms with Crippen molar-refractivity contribution in [3.63, 3.8) is 0 Å². The second kappa shape index (κ2) is 10.2. The average molecular weight is 415 g/mol. The maximum Gasteiger partial charge on any atom is 0.227 e. The molecule has 0 bridgehead atoms. The predicted octanol–water partition coefficient (Wildman–Crippen LogP) is 3.69. The van der Waals surface area contributed by atoms with Crippen LogP contribution in [-0.2, 0) is 0 Å². The SMILES string of the molecule is C=C(NCCN1CCN(C)CC1)c1cccc(Nc2ncc(-c3ccccc3)cn2)c1. The van der Waals surface area contributed by atoms with Crippen LogP contribution in [0.5, 0.6) is 0 Å². The van der Waals surface area contributed by atoms with Crippen molar-refractivity contribution in [1.29, 1.82) is 0 Å². The summed E-state index contributed by atoms with van der Waals surface area (Å²) < 4.78 is 0. The summed E-state index contributed by atoms with van der Waals surface area (Å²) in [5.74, 6) is 0.575. The first kappa shape index (κ1) is 21.0. The molecule has 0 aliphatic carbocycles. The molecule has 6 nitrogen and oxygen atoms in total. The van der Waals surface area contributed by atoms with Crippen LogP contribution in [-0.4, -0.2) is 66.1 Å². The third kappa shape index (κ3) is 5.90. The summed E-state index contributed by atoms with van der Waals surface area (Å²) in [6.45, 7) is 10.7. The molecule has 1 aliphatic heterocycles. The maximum atomic E-state index is 4.46. The molecule has 31 heavy (non-hydrogen) atoms. The first-order valence-corrected chi connectivity index (χ1v) is 10.8. The van der Waals surface area contributed by atoms with E-state index in [2.05, 4.69) is 68.3 Å². The quantitative estimate of drug-likeness (QED) is 0.586. The highest BCUT2D eigenvalue weighted by Gasteiger charge is 2.13. The van der Waals surface area contributed by atoms with Gasteiger partial charge in [-0.1, -0.05) is 49.0 Å². The Morgan fingerprint density at radius 1 is 0.935 bits per heavy atom. The molecular weight excluding hydrogens is 384 g/mol. The van der Waals surface area contributed by atoms with Gasteiger partial charge < -0.3 is 15.5 Å². The average Bonchev–Trinajstić information content (AvgIpc) is 2.81. The van der Waals surface area contributed by atoms with Crippen molar-refractivity contribution in [3.05, 3.63) is 79.1 Å². The van der Waals surface area contributed by atoms with E-state index in [1.54, 1.807) is 0 Å². The number of likely N-dealkylation sites (N-methyl/N-ethyl adjacent to an activating group) is 1. The fourth-order valence-corrected chi connectivity index (χ4v) is 3.62. The molecule has 2 heterocycles. The number of aromatic nitrogens is 2. The van der Waals surface area contributed by atoms with Gasteiger partial charge in [-0.3, -0.25) is 4.90 Å². The number of nitrogens with one attached hydrogen (secondary N) is 2. The summed E-state index contributed by atoms with van der Waals surface area (Å²) in [4.78, 5) is 13.8. The molecular formula is C25H30N6. The van der Waals surface area contributed by atoms with Crippen LogP contribution < -0.4 is 10.6 Å². The van der Waals surface area contributed by atoms with E-state index in [0.29, 0.717) is 5.95 Å². The summed E-state index contributed by atoms with van der Waals surface area (Å²) >= 11 is 0. The second-order valence-electron chi connectivity index (χ2n) is 7.92. The first-order chi connectivity index (χ1) is 15.2. The summed E-state index contributed by atoms with van der Waals surface area (Å²) in [5, 5.41) is 6.75. The van der Waals surface area contributed by atoms with Crippen molar-refractivity contribution >= 4 is 17.3 Å². The van der Waals surface area contributed by atoms with E-state index in [1.807, 2.05) is 42.7 Å². The largest absolute Gasteiger partial charge is 0.384 e. The molecule has 0 saturated carbocycles. The smallest absolute Gasteiger partial charge is 0.227 e. The lowest BCUT2D eigenvalue weighted by Crippen LogP contribution is -2.46. The minimum atomic E-state index is 0.575. The fourth-order valence-electron chi connectivity index (χ4n) is 3.62. The van der Waals surface area contributed by atoms with Crippen LogP contribution >= 0.6 is 0 Å². The molecule has 0 unspecified atom stereocenters. The Hall–Kier alpha value is -3.22. The van der Waals surface area contributed by atoms with Crippen LogP contribution in [0.1, 0.15) is 5.56 Å². The van der Waals surface area contributed by atoms with Crippen LogP contribution in [0.2, 0.25) is 0 Å². The number of rotatable bonds is 8. The van der Waals surface area contributed by atoms with Crippen molar-refractivity contribution in [2.45, 2.75) is 0 Å². The van der Waals surface area contributed by atoms with Gasteiger partial charge in [0.05, 0.1) is 0 Å². The molecule has 0 atom stereocenters. The van der Waals surface area contributed by atoms with Crippen molar-refractivity contribution in [2.24, 2.45) is 0 Å². The van der Waals surface area contributed by atoms with E-state index in [0.717, 1.165) is 67.3 Å². The van der Waals surface area contributed by atoms with Crippen LogP contribution in [0.4, 0.5) is 11.6 Å². The molecule has 4 rings (SSSR count). The van der Waals surface area contributed by atoms with Gasteiger partial charge in [-0.2, -0.15) is 0 Å². The van der Waals surface area contributed by atoms with Gasteiger partial charge in [0, 0.05) is 68.6 Å². The van der Waals surface area contributed by atoms with E-state index in [9.17, 15) is 0 Å². The van der Waals surface area contributed by atoms with E-state index in [-0.39, 0.29) is 0 Å². The normalized spacial score (nSPS) is 14.9. The molecule has 1 saturated heterocycles. The Kier molecular flexibility index (Phi) is 6.92. The summed E-state index contributed by atoms with van der Waals surface area (Å²) in [6.07, 6.45) is 3.68. The molecule has 0 spiro atoms. The van der Waals surface area contributed by atoms with Crippen LogP contribution in [0.3, 0.4) is 0 Å². The lowest BCUT2D eigenvalue weighted by molar-refractivity contribution is 0.156. The summed E-state index contributed by atoms with van der Waals surface area (Å²) in [6, 6.07) is 18.3. The molecule has 1 aliphatic rings. The molecule has 0 amide bonds. The van der Waals surface area contributed by atoms with E-state index in [1.165, 1.54) is 0 Å². The van der Waals surface area contributed by atoms with Crippen molar-refractivity contribution in [3.8, 4) is 11.1 Å². The van der Waals surface area contributed by atoms with Gasteiger partial charge in [0.15, 0.2) is 0 Å². The van der Waals surface area contributed by atoms with Gasteiger partial charge >= 0.3 is 0 Å². The summed E-state index contributed by atoms with van der Waals surface area (Å²) in [5.41, 5.74) is 5.03.